The van der Waals surface area contributed by atoms with E-state index in [9.17, 15) is 9.59 Å². The molecule has 0 aliphatic heterocycles. The van der Waals surface area contributed by atoms with Crippen molar-refractivity contribution >= 4 is 27.5 Å². The Labute approximate surface area is 140 Å². The summed E-state index contributed by atoms with van der Waals surface area (Å²) in [5, 5.41) is 1.78. The minimum atomic E-state index is -0.627. The zero-order chi connectivity index (χ0) is 17.1. The van der Waals surface area contributed by atoms with Crippen molar-refractivity contribution in [3.05, 3.63) is 51.4 Å². The number of carbonyl (C=O) groups excluding carboxylic acids is 1. The van der Waals surface area contributed by atoms with Crippen molar-refractivity contribution in [2.45, 2.75) is 6.61 Å². The number of ether oxygens (including phenoxy) is 3. The molecule has 124 valence electrons. The normalized spacial score (nSPS) is 10.6. The first-order chi connectivity index (χ1) is 11.6. The van der Waals surface area contributed by atoms with Gasteiger partial charge in [-0.05, 0) is 23.6 Å². The number of aromatic amines is 1. The van der Waals surface area contributed by atoms with E-state index in [1.807, 2.05) is 0 Å². The second-order valence-electron chi connectivity index (χ2n) is 4.76. The highest BCUT2D eigenvalue weighted by Gasteiger charge is 2.20. The van der Waals surface area contributed by atoms with E-state index in [4.69, 9.17) is 14.2 Å². The predicted octanol–water partition coefficient (Wildman–Crippen LogP) is 2.36. The molecule has 3 aromatic rings. The molecule has 0 radical (unpaired) electrons. The van der Waals surface area contributed by atoms with Gasteiger partial charge in [0.15, 0.2) is 0 Å². The third-order valence-electron chi connectivity index (χ3n) is 3.34. The molecule has 0 spiro atoms. The summed E-state index contributed by atoms with van der Waals surface area (Å²) in [4.78, 5) is 31.2. The average molecular weight is 346 g/mol. The number of benzene rings is 1. The second-order valence-corrected chi connectivity index (χ2v) is 5.68. The van der Waals surface area contributed by atoms with E-state index in [0.717, 1.165) is 0 Å². The lowest BCUT2D eigenvalue weighted by Gasteiger charge is -2.12. The van der Waals surface area contributed by atoms with Crippen LogP contribution in [0.1, 0.15) is 16.2 Å². The number of carbonyl (C=O) groups is 1. The van der Waals surface area contributed by atoms with Crippen LogP contribution in [-0.2, 0) is 11.3 Å². The SMILES string of the molecule is COc1cccc(OC)c1C(=O)OCc1nc2ccsc2c(=O)[nH]1. The van der Waals surface area contributed by atoms with Gasteiger partial charge in [0.1, 0.15) is 34.2 Å². The molecule has 0 saturated carbocycles. The van der Waals surface area contributed by atoms with E-state index in [1.54, 1.807) is 29.6 Å². The van der Waals surface area contributed by atoms with Gasteiger partial charge >= 0.3 is 5.97 Å². The van der Waals surface area contributed by atoms with Crippen LogP contribution in [-0.4, -0.2) is 30.2 Å². The Hall–Kier alpha value is -2.87. The van der Waals surface area contributed by atoms with Crippen molar-refractivity contribution in [1.82, 2.24) is 9.97 Å². The number of fused-ring (bicyclic) bond motifs is 1. The van der Waals surface area contributed by atoms with Gasteiger partial charge in [-0.15, -0.1) is 11.3 Å². The van der Waals surface area contributed by atoms with Crippen LogP contribution in [0.2, 0.25) is 0 Å². The van der Waals surface area contributed by atoms with Gasteiger partial charge in [0.2, 0.25) is 0 Å². The van der Waals surface area contributed by atoms with Crippen molar-refractivity contribution in [3.8, 4) is 11.5 Å². The molecule has 0 aliphatic rings. The highest BCUT2D eigenvalue weighted by atomic mass is 32.1. The van der Waals surface area contributed by atoms with Gasteiger partial charge in [-0.3, -0.25) is 4.79 Å². The van der Waals surface area contributed by atoms with Crippen LogP contribution in [0.15, 0.2) is 34.4 Å². The average Bonchev–Trinajstić information content (AvgIpc) is 3.08. The van der Waals surface area contributed by atoms with E-state index in [1.165, 1.54) is 25.6 Å². The summed E-state index contributed by atoms with van der Waals surface area (Å²) in [6.07, 6.45) is 0. The molecular weight excluding hydrogens is 332 g/mol. The maximum atomic E-state index is 12.4. The Morgan fingerprint density at radius 1 is 1.21 bits per heavy atom. The summed E-state index contributed by atoms with van der Waals surface area (Å²) in [6, 6.07) is 6.72. The molecule has 24 heavy (non-hydrogen) atoms. The van der Waals surface area contributed by atoms with E-state index >= 15 is 0 Å². The first kappa shape index (κ1) is 16.0. The molecular formula is C16H14N2O5S. The second kappa shape index (κ2) is 6.71. The van der Waals surface area contributed by atoms with E-state index < -0.39 is 5.97 Å². The highest BCUT2D eigenvalue weighted by Crippen LogP contribution is 2.29. The zero-order valence-corrected chi connectivity index (χ0v) is 13.8. The number of nitrogens with one attached hydrogen (secondary N) is 1. The van der Waals surface area contributed by atoms with Crippen molar-refractivity contribution in [1.29, 1.82) is 0 Å². The Morgan fingerprint density at radius 3 is 2.58 bits per heavy atom. The van der Waals surface area contributed by atoms with Gasteiger partial charge in [-0.2, -0.15) is 0 Å². The number of methoxy groups -OCH3 is 2. The summed E-state index contributed by atoms with van der Waals surface area (Å²) in [5.41, 5.74) is 0.502. The summed E-state index contributed by atoms with van der Waals surface area (Å²) in [7, 11) is 2.91. The lowest BCUT2D eigenvalue weighted by molar-refractivity contribution is 0.0455. The highest BCUT2D eigenvalue weighted by molar-refractivity contribution is 7.17. The monoisotopic (exact) mass is 346 g/mol. The summed E-state index contributed by atoms with van der Waals surface area (Å²) in [5.74, 6) is 0.327. The molecule has 0 saturated heterocycles. The number of H-pyrrole nitrogens is 1. The molecule has 2 heterocycles. The molecule has 0 aliphatic carbocycles. The molecule has 3 rings (SSSR count). The number of thiophene rings is 1. The molecule has 0 bridgehead atoms. The van der Waals surface area contributed by atoms with Crippen molar-refractivity contribution in [2.75, 3.05) is 14.2 Å². The summed E-state index contributed by atoms with van der Waals surface area (Å²) >= 11 is 1.31. The molecule has 0 fully saturated rings. The van der Waals surface area contributed by atoms with E-state index in [2.05, 4.69) is 9.97 Å². The predicted molar refractivity (Wildman–Crippen MR) is 88.9 cm³/mol. The topological polar surface area (TPSA) is 90.5 Å². The van der Waals surface area contributed by atoms with Gasteiger partial charge in [-0.25, -0.2) is 9.78 Å². The van der Waals surface area contributed by atoms with E-state index in [0.29, 0.717) is 21.7 Å². The summed E-state index contributed by atoms with van der Waals surface area (Å²) < 4.78 is 16.1. The van der Waals surface area contributed by atoms with Gasteiger partial charge in [0, 0.05) is 0 Å². The minimum Gasteiger partial charge on any atom is -0.496 e. The van der Waals surface area contributed by atoms with Crippen LogP contribution in [0.4, 0.5) is 0 Å². The largest absolute Gasteiger partial charge is 0.496 e. The fraction of sp³-hybridized carbons (Fsp3) is 0.188. The first-order valence-electron chi connectivity index (χ1n) is 6.98. The van der Waals surface area contributed by atoms with Crippen LogP contribution >= 0.6 is 11.3 Å². The minimum absolute atomic E-state index is 0.166. The van der Waals surface area contributed by atoms with Crippen LogP contribution < -0.4 is 15.0 Å². The van der Waals surface area contributed by atoms with Crippen LogP contribution in [0.5, 0.6) is 11.5 Å². The molecule has 1 N–H and O–H groups in total. The van der Waals surface area contributed by atoms with E-state index in [-0.39, 0.29) is 23.6 Å². The van der Waals surface area contributed by atoms with Crippen molar-refractivity contribution < 1.29 is 19.0 Å². The summed E-state index contributed by atoms with van der Waals surface area (Å²) in [6.45, 7) is -0.166. The Bertz CT molecular complexity index is 925. The molecule has 0 amide bonds. The number of esters is 1. The number of nitrogens with zero attached hydrogens (tertiary/aromatic N) is 1. The maximum Gasteiger partial charge on any atom is 0.346 e. The van der Waals surface area contributed by atoms with Gasteiger partial charge in [-0.1, -0.05) is 6.07 Å². The number of rotatable bonds is 5. The lowest BCUT2D eigenvalue weighted by atomic mass is 10.2. The van der Waals surface area contributed by atoms with Gasteiger partial charge in [0.25, 0.3) is 5.56 Å². The maximum absolute atomic E-state index is 12.4. The quantitative estimate of drug-likeness (QED) is 0.713. The Balaban J connectivity index is 1.84. The fourth-order valence-corrected chi connectivity index (χ4v) is 2.97. The lowest BCUT2D eigenvalue weighted by Crippen LogP contribution is -2.14. The number of aromatic nitrogens is 2. The van der Waals surface area contributed by atoms with Crippen LogP contribution in [0.25, 0.3) is 10.2 Å². The third kappa shape index (κ3) is 2.95. The molecule has 0 atom stereocenters. The van der Waals surface area contributed by atoms with Gasteiger partial charge < -0.3 is 19.2 Å². The third-order valence-corrected chi connectivity index (χ3v) is 4.24. The molecule has 8 heteroatoms. The van der Waals surface area contributed by atoms with Crippen molar-refractivity contribution in [3.63, 3.8) is 0 Å². The molecule has 0 unspecified atom stereocenters. The Kier molecular flexibility index (Phi) is 4.48. The zero-order valence-electron chi connectivity index (χ0n) is 13.0. The Morgan fingerprint density at radius 2 is 1.92 bits per heavy atom. The smallest absolute Gasteiger partial charge is 0.346 e. The number of hydrogen-bond donors (Lipinski definition) is 1. The van der Waals surface area contributed by atoms with Crippen LogP contribution in [0.3, 0.4) is 0 Å². The van der Waals surface area contributed by atoms with Crippen LogP contribution in [0, 0.1) is 0 Å². The fourth-order valence-electron chi connectivity index (χ4n) is 2.25. The van der Waals surface area contributed by atoms with Crippen molar-refractivity contribution in [2.24, 2.45) is 0 Å². The molecule has 7 nitrogen and oxygen atoms in total. The molecule has 1 aromatic carbocycles. The first-order valence-corrected chi connectivity index (χ1v) is 7.86. The number of hydrogen-bond acceptors (Lipinski definition) is 7. The molecule has 2 aromatic heterocycles. The standard InChI is InChI=1S/C16H14N2O5S/c1-21-10-4-3-5-11(22-2)13(10)16(20)23-8-12-17-9-6-7-24-14(9)15(19)18-12/h3-7H,8H2,1-2H3,(H,17,18,19). The van der Waals surface area contributed by atoms with Gasteiger partial charge in [0.05, 0.1) is 19.7 Å².